The van der Waals surface area contributed by atoms with Crippen LogP contribution in [-0.2, 0) is 4.84 Å². The van der Waals surface area contributed by atoms with Crippen molar-refractivity contribution in [3.63, 3.8) is 0 Å². The van der Waals surface area contributed by atoms with Crippen molar-refractivity contribution in [3.8, 4) is 0 Å². The molecule has 0 spiro atoms. The van der Waals surface area contributed by atoms with Gasteiger partial charge >= 0.3 is 0 Å². The molecule has 1 rings (SSSR count). The number of nitrogens with two attached hydrogens (primary N) is 1. The fourth-order valence-electron chi connectivity index (χ4n) is 1.18. The normalized spacial score (nSPS) is 17.4. The number of allylic oxidation sites excluding steroid dienone is 2. The minimum atomic E-state index is 0.496. The van der Waals surface area contributed by atoms with Gasteiger partial charge in [-0.3, -0.25) is 4.84 Å². The Morgan fingerprint density at radius 3 is 2.77 bits per heavy atom. The van der Waals surface area contributed by atoms with Crippen LogP contribution in [0.1, 0.15) is 20.3 Å². The summed E-state index contributed by atoms with van der Waals surface area (Å²) in [4.78, 5) is 5.10. The molecule has 0 radical (unpaired) electrons. The molecular formula is C10H17N2O+. The van der Waals surface area contributed by atoms with E-state index in [-0.39, 0.29) is 0 Å². The quantitative estimate of drug-likeness (QED) is 0.654. The molecule has 1 aliphatic rings. The van der Waals surface area contributed by atoms with Crippen LogP contribution in [0.15, 0.2) is 23.5 Å². The van der Waals surface area contributed by atoms with Crippen LogP contribution in [-0.4, -0.2) is 18.1 Å². The first-order valence-corrected chi connectivity index (χ1v) is 4.46. The lowest BCUT2D eigenvalue weighted by atomic mass is 10.00. The molecule has 13 heavy (non-hydrogen) atoms. The van der Waals surface area contributed by atoms with E-state index in [9.17, 15) is 0 Å². The summed E-state index contributed by atoms with van der Waals surface area (Å²) in [6.45, 7) is 4.30. The van der Waals surface area contributed by atoms with Crippen LogP contribution < -0.4 is 5.73 Å². The zero-order chi connectivity index (χ0) is 9.84. The average Bonchev–Trinajstić information content (AvgIpc) is 2.27. The maximum Gasteiger partial charge on any atom is 0.224 e. The SMILES string of the molecule is CO[N+]1=CC=C(N)CC(C(C)C)=C1. The van der Waals surface area contributed by atoms with E-state index in [1.54, 1.807) is 11.8 Å². The first kappa shape index (κ1) is 9.84. The third-order valence-corrected chi connectivity index (χ3v) is 2.09. The second-order valence-corrected chi connectivity index (χ2v) is 3.47. The molecule has 0 saturated carbocycles. The summed E-state index contributed by atoms with van der Waals surface area (Å²) in [5.74, 6) is 0.496. The largest absolute Gasteiger partial charge is 0.402 e. The van der Waals surface area contributed by atoms with Crippen LogP contribution >= 0.6 is 0 Å². The van der Waals surface area contributed by atoms with Gasteiger partial charge in [0.1, 0.15) is 7.11 Å². The van der Waals surface area contributed by atoms with E-state index in [2.05, 4.69) is 13.8 Å². The standard InChI is InChI=1S/C10H16N2O/c1-8(2)9-6-10(11)4-5-12(7-9)13-3/h4-5,7-8,11H,6H2,1-3H3/p+1. The highest BCUT2D eigenvalue weighted by Gasteiger charge is 2.13. The number of hydrogen-bond acceptors (Lipinski definition) is 2. The van der Waals surface area contributed by atoms with Gasteiger partial charge in [0.05, 0.1) is 0 Å². The summed E-state index contributed by atoms with van der Waals surface area (Å²) in [7, 11) is 1.64. The first-order valence-electron chi connectivity index (χ1n) is 4.46. The van der Waals surface area contributed by atoms with Crippen LogP contribution in [0.25, 0.3) is 0 Å². The number of rotatable bonds is 2. The monoisotopic (exact) mass is 181 g/mol. The molecule has 0 bridgehead atoms. The van der Waals surface area contributed by atoms with Crippen LogP contribution in [0.2, 0.25) is 0 Å². The van der Waals surface area contributed by atoms with Gasteiger partial charge in [0, 0.05) is 28.5 Å². The maximum absolute atomic E-state index is 5.79. The second kappa shape index (κ2) is 4.12. The molecule has 2 N–H and O–H groups in total. The Morgan fingerprint density at radius 2 is 2.23 bits per heavy atom. The lowest BCUT2D eigenvalue weighted by Gasteiger charge is -2.06. The van der Waals surface area contributed by atoms with Crippen molar-refractivity contribution in [2.24, 2.45) is 11.7 Å². The molecule has 0 amide bonds. The topological polar surface area (TPSA) is 38.3 Å². The van der Waals surface area contributed by atoms with Crippen molar-refractivity contribution in [1.29, 1.82) is 0 Å². The first-order chi connectivity index (χ1) is 6.13. The van der Waals surface area contributed by atoms with Crippen molar-refractivity contribution in [1.82, 2.24) is 0 Å². The van der Waals surface area contributed by atoms with Crippen LogP contribution in [0.4, 0.5) is 0 Å². The summed E-state index contributed by atoms with van der Waals surface area (Å²) in [6, 6.07) is 0. The maximum atomic E-state index is 5.79. The van der Waals surface area contributed by atoms with Gasteiger partial charge in [0.15, 0.2) is 0 Å². The van der Waals surface area contributed by atoms with Crippen LogP contribution in [0, 0.1) is 5.92 Å². The van der Waals surface area contributed by atoms with E-state index in [1.807, 2.05) is 18.5 Å². The minimum absolute atomic E-state index is 0.496. The van der Waals surface area contributed by atoms with E-state index in [1.165, 1.54) is 5.57 Å². The van der Waals surface area contributed by atoms with Gasteiger partial charge in [-0.25, -0.2) is 0 Å². The Kier molecular flexibility index (Phi) is 3.12. The Hall–Kier alpha value is -1.25. The van der Waals surface area contributed by atoms with Crippen LogP contribution in [0.3, 0.4) is 0 Å². The number of nitrogens with zero attached hydrogens (tertiary/aromatic N) is 1. The third kappa shape index (κ3) is 2.61. The van der Waals surface area contributed by atoms with E-state index in [0.717, 1.165) is 12.1 Å². The number of hydroxylamine groups is 1. The third-order valence-electron chi connectivity index (χ3n) is 2.09. The summed E-state index contributed by atoms with van der Waals surface area (Å²) in [5.41, 5.74) is 7.94. The van der Waals surface area contributed by atoms with Gasteiger partial charge in [-0.1, -0.05) is 13.8 Å². The van der Waals surface area contributed by atoms with Crippen LogP contribution in [0.5, 0.6) is 0 Å². The molecule has 0 aliphatic carbocycles. The Labute approximate surface area is 79.2 Å². The summed E-state index contributed by atoms with van der Waals surface area (Å²) in [6.07, 6.45) is 6.51. The smallest absolute Gasteiger partial charge is 0.224 e. The zero-order valence-electron chi connectivity index (χ0n) is 8.45. The van der Waals surface area contributed by atoms with Gasteiger partial charge < -0.3 is 5.73 Å². The van der Waals surface area contributed by atoms with Gasteiger partial charge in [-0.05, 0) is 5.92 Å². The lowest BCUT2D eigenvalue weighted by molar-refractivity contribution is -0.729. The molecule has 3 nitrogen and oxygen atoms in total. The highest BCUT2D eigenvalue weighted by molar-refractivity contribution is 5.67. The molecule has 0 aromatic heterocycles. The summed E-state index contributed by atoms with van der Waals surface area (Å²) in [5, 5.41) is 0. The van der Waals surface area contributed by atoms with E-state index >= 15 is 0 Å². The molecule has 0 atom stereocenters. The Morgan fingerprint density at radius 1 is 1.54 bits per heavy atom. The molecule has 0 saturated heterocycles. The average molecular weight is 181 g/mol. The molecule has 1 heterocycles. The second-order valence-electron chi connectivity index (χ2n) is 3.47. The highest BCUT2D eigenvalue weighted by Crippen LogP contribution is 2.17. The van der Waals surface area contributed by atoms with Crippen molar-refractivity contribution in [2.75, 3.05) is 7.11 Å². The van der Waals surface area contributed by atoms with E-state index < -0.39 is 0 Å². The van der Waals surface area contributed by atoms with E-state index in [0.29, 0.717) is 5.92 Å². The molecule has 0 aromatic carbocycles. The minimum Gasteiger partial charge on any atom is -0.402 e. The van der Waals surface area contributed by atoms with E-state index in [4.69, 9.17) is 10.6 Å². The molecule has 1 aliphatic heterocycles. The zero-order valence-corrected chi connectivity index (χ0v) is 8.45. The molecule has 0 fully saturated rings. The van der Waals surface area contributed by atoms with Gasteiger partial charge in [0.25, 0.3) is 0 Å². The van der Waals surface area contributed by atoms with Gasteiger partial charge in [0.2, 0.25) is 12.4 Å². The highest BCUT2D eigenvalue weighted by atomic mass is 16.6. The Bertz CT molecular complexity index is 275. The molecule has 72 valence electrons. The lowest BCUT2D eigenvalue weighted by Crippen LogP contribution is -2.05. The summed E-state index contributed by atoms with van der Waals surface area (Å²) < 4.78 is 1.68. The Balaban J connectivity index is 2.93. The molecular weight excluding hydrogens is 164 g/mol. The molecule has 0 unspecified atom stereocenters. The molecule has 3 heteroatoms. The predicted molar refractivity (Wildman–Crippen MR) is 53.1 cm³/mol. The fourth-order valence-corrected chi connectivity index (χ4v) is 1.18. The van der Waals surface area contributed by atoms with Crippen molar-refractivity contribution in [3.05, 3.63) is 23.5 Å². The predicted octanol–water partition coefficient (Wildman–Crippen LogP) is 1.42. The van der Waals surface area contributed by atoms with Gasteiger partial charge in [-0.2, -0.15) is 0 Å². The fraction of sp³-hybridized carbons (Fsp3) is 0.500. The molecule has 0 aromatic rings. The van der Waals surface area contributed by atoms with Crippen molar-refractivity contribution >= 4 is 6.21 Å². The van der Waals surface area contributed by atoms with Crippen molar-refractivity contribution < 1.29 is 9.58 Å². The van der Waals surface area contributed by atoms with Gasteiger partial charge in [-0.15, -0.1) is 0 Å². The number of hydrogen-bond donors (Lipinski definition) is 1. The summed E-state index contributed by atoms with van der Waals surface area (Å²) >= 11 is 0. The van der Waals surface area contributed by atoms with Crippen molar-refractivity contribution in [2.45, 2.75) is 20.3 Å².